The number of nitrogens with one attached hydrogen (secondary N) is 1. The number of carbonyl (C=O) groups excluding carboxylic acids is 1. The molecule has 0 amide bonds. The molecule has 140 valence electrons. The van der Waals surface area contributed by atoms with Crippen LogP contribution in [0.15, 0.2) is 22.5 Å². The topological polar surface area (TPSA) is 64.1 Å². The number of benzene rings is 1. The minimum absolute atomic E-state index is 0.159. The molecule has 1 aromatic heterocycles. The number of aryl methyl sites for hydroxylation is 2. The van der Waals surface area contributed by atoms with Crippen molar-refractivity contribution in [2.24, 2.45) is 0 Å². The Balaban J connectivity index is 1.54. The van der Waals surface area contributed by atoms with E-state index in [2.05, 4.69) is 41.5 Å². The lowest BCUT2D eigenvalue weighted by molar-refractivity contribution is 0.102. The van der Waals surface area contributed by atoms with Gasteiger partial charge >= 0.3 is 0 Å². The summed E-state index contributed by atoms with van der Waals surface area (Å²) in [6, 6.07) is 6.23. The van der Waals surface area contributed by atoms with Crippen LogP contribution in [0.2, 0.25) is 0 Å². The van der Waals surface area contributed by atoms with Crippen molar-refractivity contribution < 1.29 is 9.53 Å². The van der Waals surface area contributed by atoms with Crippen LogP contribution in [0.3, 0.4) is 0 Å². The predicted molar refractivity (Wildman–Crippen MR) is 108 cm³/mol. The van der Waals surface area contributed by atoms with Crippen molar-refractivity contribution in [3.05, 3.63) is 34.9 Å². The number of ketones is 1. The van der Waals surface area contributed by atoms with Gasteiger partial charge in [0.2, 0.25) is 5.13 Å². The smallest absolute Gasteiger partial charge is 0.206 e. The van der Waals surface area contributed by atoms with Gasteiger partial charge in [-0.15, -0.1) is 10.2 Å². The van der Waals surface area contributed by atoms with Crippen molar-refractivity contribution in [2.45, 2.75) is 50.0 Å². The second-order valence-electron chi connectivity index (χ2n) is 6.30. The maximum Gasteiger partial charge on any atom is 0.206 e. The van der Waals surface area contributed by atoms with Gasteiger partial charge in [-0.3, -0.25) is 4.79 Å². The second-order valence-corrected chi connectivity index (χ2v) is 8.50. The van der Waals surface area contributed by atoms with Crippen LogP contribution in [0.5, 0.6) is 0 Å². The van der Waals surface area contributed by atoms with E-state index in [4.69, 9.17) is 4.74 Å². The summed E-state index contributed by atoms with van der Waals surface area (Å²) in [6.45, 7) is 5.81. The molecule has 1 unspecified atom stereocenters. The van der Waals surface area contributed by atoms with Gasteiger partial charge in [0.1, 0.15) is 0 Å². The van der Waals surface area contributed by atoms with Crippen LogP contribution in [0, 0.1) is 0 Å². The van der Waals surface area contributed by atoms with Crippen LogP contribution in [0.4, 0.5) is 5.13 Å². The number of Topliss-reactive ketones (excluding diaryl/α,β-unsaturated/α-hetero) is 1. The third-order valence-electron chi connectivity index (χ3n) is 4.50. The summed E-state index contributed by atoms with van der Waals surface area (Å²) in [7, 11) is 0. The van der Waals surface area contributed by atoms with Crippen LogP contribution in [0.1, 0.15) is 48.2 Å². The minimum Gasteiger partial charge on any atom is -0.376 e. The monoisotopic (exact) mass is 391 g/mol. The maximum absolute atomic E-state index is 12.7. The lowest BCUT2D eigenvalue weighted by atomic mass is 9.98. The Hall–Kier alpha value is -1.44. The van der Waals surface area contributed by atoms with Crippen LogP contribution in [-0.4, -0.2) is 41.0 Å². The molecular weight excluding hydrogens is 366 g/mol. The number of thioether (sulfide) groups is 1. The molecule has 0 bridgehead atoms. The van der Waals surface area contributed by atoms with E-state index in [-0.39, 0.29) is 11.9 Å². The quantitative estimate of drug-likeness (QED) is 0.510. The zero-order valence-electron chi connectivity index (χ0n) is 15.3. The first-order valence-corrected chi connectivity index (χ1v) is 11.0. The fraction of sp³-hybridized carbons (Fsp3) is 0.526. The van der Waals surface area contributed by atoms with Gasteiger partial charge in [-0.05, 0) is 42.9 Å². The van der Waals surface area contributed by atoms with E-state index in [1.807, 2.05) is 6.07 Å². The number of ether oxygens (including phenoxy) is 1. The number of aromatic nitrogens is 2. The average molecular weight is 392 g/mol. The highest BCUT2D eigenvalue weighted by Gasteiger charge is 2.17. The summed E-state index contributed by atoms with van der Waals surface area (Å²) in [5, 5.41) is 12.4. The predicted octanol–water partition coefficient (Wildman–Crippen LogP) is 4.23. The molecule has 3 rings (SSSR count). The van der Waals surface area contributed by atoms with Crippen molar-refractivity contribution in [3.8, 4) is 0 Å². The molecule has 1 aromatic carbocycles. The zero-order chi connectivity index (χ0) is 18.4. The molecule has 1 fully saturated rings. The normalized spacial score (nSPS) is 16.8. The van der Waals surface area contributed by atoms with Crippen molar-refractivity contribution in [3.63, 3.8) is 0 Å². The Bertz CT molecular complexity index is 742. The largest absolute Gasteiger partial charge is 0.376 e. The fourth-order valence-electron chi connectivity index (χ4n) is 2.96. The van der Waals surface area contributed by atoms with Crippen molar-refractivity contribution in [1.29, 1.82) is 0 Å². The molecule has 0 spiro atoms. The van der Waals surface area contributed by atoms with Gasteiger partial charge in [0.25, 0.3) is 0 Å². The molecule has 5 nitrogen and oxygen atoms in total. The summed E-state index contributed by atoms with van der Waals surface area (Å²) >= 11 is 2.95. The Morgan fingerprint density at radius 1 is 1.35 bits per heavy atom. The van der Waals surface area contributed by atoms with E-state index < -0.39 is 0 Å². The number of hydrogen-bond acceptors (Lipinski definition) is 7. The van der Waals surface area contributed by atoms with E-state index in [0.717, 1.165) is 59.4 Å². The molecule has 0 radical (unpaired) electrons. The molecule has 1 aliphatic rings. The van der Waals surface area contributed by atoms with E-state index >= 15 is 0 Å². The van der Waals surface area contributed by atoms with E-state index in [1.165, 1.54) is 28.7 Å². The summed E-state index contributed by atoms with van der Waals surface area (Å²) in [5.74, 6) is 0.548. The third kappa shape index (κ3) is 5.05. The summed E-state index contributed by atoms with van der Waals surface area (Å²) in [6.07, 6.45) is 4.30. The lowest BCUT2D eigenvalue weighted by Crippen LogP contribution is -2.18. The molecule has 0 saturated carbocycles. The number of hydrogen-bond donors (Lipinski definition) is 1. The Morgan fingerprint density at radius 3 is 2.96 bits per heavy atom. The molecule has 2 heterocycles. The number of rotatable bonds is 9. The van der Waals surface area contributed by atoms with Crippen LogP contribution in [0.25, 0.3) is 0 Å². The van der Waals surface area contributed by atoms with Crippen molar-refractivity contribution in [1.82, 2.24) is 10.2 Å². The van der Waals surface area contributed by atoms with Gasteiger partial charge in [-0.25, -0.2) is 0 Å². The summed E-state index contributed by atoms with van der Waals surface area (Å²) in [4.78, 5) is 12.7. The maximum atomic E-state index is 12.7. The van der Waals surface area contributed by atoms with Gasteiger partial charge < -0.3 is 10.1 Å². The molecule has 1 saturated heterocycles. The minimum atomic E-state index is 0.159. The molecular formula is C19H25N3O2S2. The first-order chi connectivity index (χ1) is 12.7. The molecule has 1 atom stereocenters. The van der Waals surface area contributed by atoms with Gasteiger partial charge in [0.15, 0.2) is 10.1 Å². The number of anilines is 1. The first kappa shape index (κ1) is 19.3. The number of nitrogens with zero attached hydrogens (tertiary/aromatic N) is 2. The van der Waals surface area contributed by atoms with Gasteiger partial charge in [0.05, 0.1) is 11.9 Å². The van der Waals surface area contributed by atoms with E-state index in [9.17, 15) is 4.79 Å². The SMILES string of the molecule is CCc1ccc(CC)c(C(=O)CSc2nnc(NCC3CCCO3)s2)c1. The molecule has 1 aliphatic heterocycles. The van der Waals surface area contributed by atoms with Crippen LogP contribution in [-0.2, 0) is 17.6 Å². The summed E-state index contributed by atoms with van der Waals surface area (Å²) in [5.41, 5.74) is 3.16. The number of carbonyl (C=O) groups is 1. The molecule has 7 heteroatoms. The zero-order valence-corrected chi connectivity index (χ0v) is 16.9. The highest BCUT2D eigenvalue weighted by Crippen LogP contribution is 2.27. The van der Waals surface area contributed by atoms with Crippen LogP contribution < -0.4 is 5.32 Å². The average Bonchev–Trinajstić information content (AvgIpc) is 3.35. The summed E-state index contributed by atoms with van der Waals surface area (Å²) < 4.78 is 6.41. The Morgan fingerprint density at radius 2 is 2.23 bits per heavy atom. The second kappa shape index (κ2) is 9.48. The highest BCUT2D eigenvalue weighted by molar-refractivity contribution is 8.01. The van der Waals surface area contributed by atoms with Crippen LogP contribution >= 0.6 is 23.1 Å². The van der Waals surface area contributed by atoms with Gasteiger partial charge in [0, 0.05) is 18.7 Å². The van der Waals surface area contributed by atoms with E-state index in [0.29, 0.717) is 5.75 Å². The highest BCUT2D eigenvalue weighted by atomic mass is 32.2. The van der Waals surface area contributed by atoms with Crippen molar-refractivity contribution >= 4 is 34.0 Å². The molecule has 2 aromatic rings. The molecule has 1 N–H and O–H groups in total. The van der Waals surface area contributed by atoms with Gasteiger partial charge in [-0.1, -0.05) is 49.1 Å². The first-order valence-electron chi connectivity index (χ1n) is 9.16. The Labute approximate surface area is 162 Å². The molecule has 0 aliphatic carbocycles. The molecule has 26 heavy (non-hydrogen) atoms. The van der Waals surface area contributed by atoms with Crippen molar-refractivity contribution in [2.75, 3.05) is 24.2 Å². The van der Waals surface area contributed by atoms with E-state index in [1.54, 1.807) is 0 Å². The third-order valence-corrected chi connectivity index (χ3v) is 6.52. The standard InChI is InChI=1S/C19H25N3O2S2/c1-3-13-7-8-14(4-2)16(10-13)17(23)12-25-19-22-21-18(26-19)20-11-15-6-5-9-24-15/h7-8,10,15H,3-6,9,11-12H2,1-2H3,(H,20,21). The lowest BCUT2D eigenvalue weighted by Gasteiger charge is -2.09. The Kier molecular flexibility index (Phi) is 7.05. The van der Waals surface area contributed by atoms with Gasteiger partial charge in [-0.2, -0.15) is 0 Å². The fourth-order valence-corrected chi connectivity index (χ4v) is 4.60.